The lowest BCUT2D eigenvalue weighted by Gasteiger charge is -2.12. The molecule has 0 spiro atoms. The Morgan fingerprint density at radius 1 is 0.708 bits per heavy atom. The molecule has 0 nitrogen and oxygen atoms in total. The topological polar surface area (TPSA) is 0 Å². The predicted octanol–water partition coefficient (Wildman–Crippen LogP) is 7.25. The smallest absolute Gasteiger partial charge is 0.0334 e. The highest BCUT2D eigenvalue weighted by Gasteiger charge is 2.10. The van der Waals surface area contributed by atoms with Crippen LogP contribution in [0.15, 0.2) is 92.9 Å². The molecule has 0 aliphatic carbocycles. The van der Waals surface area contributed by atoms with Gasteiger partial charge in [-0.2, -0.15) is 0 Å². The molecule has 3 aromatic carbocycles. The van der Waals surface area contributed by atoms with Crippen molar-refractivity contribution in [3.63, 3.8) is 0 Å². The van der Waals surface area contributed by atoms with E-state index >= 15 is 0 Å². The van der Waals surface area contributed by atoms with E-state index in [0.717, 1.165) is 0 Å². The van der Waals surface area contributed by atoms with Crippen LogP contribution in [-0.4, -0.2) is 0 Å². The molecule has 0 N–H and O–H groups in total. The molecule has 3 aromatic rings. The first-order chi connectivity index (χ1) is 11.7. The first kappa shape index (κ1) is 16.9. The average molecular weight is 349 g/mol. The zero-order valence-corrected chi connectivity index (χ0v) is 15.6. The van der Waals surface area contributed by atoms with Crippen molar-refractivity contribution >= 4 is 29.6 Å². The zero-order valence-electron chi connectivity index (χ0n) is 14.0. The molecule has 0 radical (unpaired) electrons. The number of rotatable bonds is 5. The Balaban J connectivity index is 1.95. The summed E-state index contributed by atoms with van der Waals surface area (Å²) >= 11 is 3.61. The van der Waals surface area contributed by atoms with Gasteiger partial charge in [0, 0.05) is 19.6 Å². The average Bonchev–Trinajstić information content (AvgIpc) is 2.60. The van der Waals surface area contributed by atoms with Crippen LogP contribution < -0.4 is 0 Å². The quantitative estimate of drug-likeness (QED) is 0.476. The van der Waals surface area contributed by atoms with Crippen LogP contribution in [0.5, 0.6) is 0 Å². The monoisotopic (exact) mass is 348 g/mol. The Morgan fingerprint density at radius 2 is 1.25 bits per heavy atom. The van der Waals surface area contributed by atoms with E-state index in [9.17, 15) is 0 Å². The Kier molecular flexibility index (Phi) is 5.49. The van der Waals surface area contributed by atoms with E-state index in [1.54, 1.807) is 23.5 Å². The van der Waals surface area contributed by atoms with Crippen LogP contribution in [0.1, 0.15) is 16.7 Å². The van der Waals surface area contributed by atoms with Gasteiger partial charge in [-0.15, -0.1) is 0 Å². The molecule has 0 fully saturated rings. The Hall–Kier alpha value is -1.90. The summed E-state index contributed by atoms with van der Waals surface area (Å²) in [6, 6.07) is 23.8. The Bertz CT molecular complexity index is 831. The van der Waals surface area contributed by atoms with Gasteiger partial charge >= 0.3 is 0 Å². The van der Waals surface area contributed by atoms with E-state index in [-0.39, 0.29) is 0 Å². The first-order valence-electron chi connectivity index (χ1n) is 7.90. The van der Waals surface area contributed by atoms with Gasteiger partial charge in [0.15, 0.2) is 0 Å². The molecule has 0 aliphatic rings. The van der Waals surface area contributed by atoms with Crippen LogP contribution in [0.2, 0.25) is 0 Å². The molecule has 0 aromatic heterocycles. The summed E-state index contributed by atoms with van der Waals surface area (Å²) in [5, 5.41) is 0. The molecule has 120 valence electrons. The second kappa shape index (κ2) is 7.78. The molecule has 0 saturated carbocycles. The molecule has 0 atom stereocenters. The number of hydrogen-bond donors (Lipinski definition) is 0. The van der Waals surface area contributed by atoms with Crippen LogP contribution in [-0.2, 0) is 0 Å². The van der Waals surface area contributed by atoms with Crippen LogP contribution >= 0.6 is 23.5 Å². The van der Waals surface area contributed by atoms with Crippen molar-refractivity contribution in [2.24, 2.45) is 0 Å². The maximum atomic E-state index is 3.98. The summed E-state index contributed by atoms with van der Waals surface area (Å²) in [6.07, 6.45) is 1.94. The highest BCUT2D eigenvalue weighted by atomic mass is 32.2. The van der Waals surface area contributed by atoms with Gasteiger partial charge in [0.1, 0.15) is 0 Å². The molecule has 0 saturated heterocycles. The second-order valence-corrected chi connectivity index (χ2v) is 7.91. The van der Waals surface area contributed by atoms with Crippen molar-refractivity contribution < 1.29 is 0 Å². The van der Waals surface area contributed by atoms with Gasteiger partial charge in [0.25, 0.3) is 0 Å². The molecule has 0 aliphatic heterocycles. The fourth-order valence-electron chi connectivity index (χ4n) is 2.34. The minimum absolute atomic E-state index is 1.18. The third-order valence-corrected chi connectivity index (χ3v) is 6.08. The minimum Gasteiger partial charge on any atom is -0.0984 e. The van der Waals surface area contributed by atoms with Gasteiger partial charge in [-0.05, 0) is 49.7 Å². The van der Waals surface area contributed by atoms with E-state index in [1.165, 1.54) is 36.3 Å². The van der Waals surface area contributed by atoms with Gasteiger partial charge in [-0.25, -0.2) is 0 Å². The van der Waals surface area contributed by atoms with Gasteiger partial charge in [-0.3, -0.25) is 0 Å². The summed E-state index contributed by atoms with van der Waals surface area (Å²) < 4.78 is 0. The zero-order chi connectivity index (χ0) is 16.9. The predicted molar refractivity (Wildman–Crippen MR) is 107 cm³/mol. The van der Waals surface area contributed by atoms with Gasteiger partial charge in [-0.1, -0.05) is 83.7 Å². The van der Waals surface area contributed by atoms with E-state index in [0.29, 0.717) is 0 Å². The van der Waals surface area contributed by atoms with Crippen molar-refractivity contribution in [2.45, 2.75) is 33.4 Å². The molecule has 24 heavy (non-hydrogen) atoms. The number of hydrogen-bond acceptors (Lipinski definition) is 2. The van der Waals surface area contributed by atoms with Gasteiger partial charge in [0.05, 0.1) is 0 Å². The van der Waals surface area contributed by atoms with Gasteiger partial charge < -0.3 is 0 Å². The first-order valence-corrected chi connectivity index (χ1v) is 9.53. The normalized spacial score (nSPS) is 10.6. The molecule has 0 heterocycles. The molecular formula is C22H20S2. The number of benzene rings is 3. The summed E-state index contributed by atoms with van der Waals surface area (Å²) in [6.45, 7) is 8.22. The molecule has 0 amide bonds. The van der Waals surface area contributed by atoms with Crippen LogP contribution in [0, 0.1) is 13.8 Å². The molecular weight excluding hydrogens is 328 g/mol. The fourth-order valence-corrected chi connectivity index (χ4v) is 4.42. The molecule has 0 unspecified atom stereocenters. The van der Waals surface area contributed by atoms with E-state index in [4.69, 9.17) is 0 Å². The van der Waals surface area contributed by atoms with E-state index in [1.807, 2.05) is 6.08 Å². The van der Waals surface area contributed by atoms with E-state index < -0.39 is 0 Å². The Morgan fingerprint density at radius 3 is 1.79 bits per heavy atom. The minimum atomic E-state index is 1.18. The lowest BCUT2D eigenvalue weighted by atomic mass is 10.2. The maximum Gasteiger partial charge on any atom is 0.0334 e. The third kappa shape index (κ3) is 4.14. The van der Waals surface area contributed by atoms with Crippen molar-refractivity contribution in [3.8, 4) is 0 Å². The second-order valence-electron chi connectivity index (χ2n) is 5.71. The lowest BCUT2D eigenvalue weighted by molar-refractivity contribution is 1.21. The van der Waals surface area contributed by atoms with Crippen LogP contribution in [0.3, 0.4) is 0 Å². The van der Waals surface area contributed by atoms with Crippen LogP contribution in [0.4, 0.5) is 0 Å². The van der Waals surface area contributed by atoms with E-state index in [2.05, 4.69) is 87.2 Å². The lowest BCUT2D eigenvalue weighted by Crippen LogP contribution is -1.85. The Labute approximate surface area is 153 Å². The van der Waals surface area contributed by atoms with Gasteiger partial charge in [0.2, 0.25) is 0 Å². The van der Waals surface area contributed by atoms with Crippen molar-refractivity contribution in [1.82, 2.24) is 0 Å². The summed E-state index contributed by atoms with van der Waals surface area (Å²) in [4.78, 5) is 5.04. The number of aryl methyl sites for hydroxylation is 2. The summed E-state index contributed by atoms with van der Waals surface area (Å²) in [5.74, 6) is 0. The SMILES string of the molecule is C=Cc1cccc(Sc2ccc(C)cc2)c1Sc1ccc(C)cc1. The fraction of sp³-hybridized carbons (Fsp3) is 0.0909. The standard InChI is InChI=1S/C22H20S2/c1-4-18-6-5-7-21(23-19-12-8-16(2)9-13-19)22(18)24-20-14-10-17(3)11-15-20/h4-15H,1H2,2-3H3. The van der Waals surface area contributed by atoms with Crippen molar-refractivity contribution in [3.05, 3.63) is 90.0 Å². The van der Waals surface area contributed by atoms with Crippen molar-refractivity contribution in [2.75, 3.05) is 0 Å². The van der Waals surface area contributed by atoms with Crippen LogP contribution in [0.25, 0.3) is 6.08 Å². The third-order valence-electron chi connectivity index (χ3n) is 3.72. The largest absolute Gasteiger partial charge is 0.0984 e. The molecule has 2 heteroatoms. The highest BCUT2D eigenvalue weighted by Crippen LogP contribution is 2.41. The summed E-state index contributed by atoms with van der Waals surface area (Å²) in [5.41, 5.74) is 3.75. The van der Waals surface area contributed by atoms with Crippen molar-refractivity contribution in [1.29, 1.82) is 0 Å². The highest BCUT2D eigenvalue weighted by molar-refractivity contribution is 8.02. The molecule has 0 bridgehead atoms. The maximum absolute atomic E-state index is 3.98. The molecule has 3 rings (SSSR count). The summed E-state index contributed by atoms with van der Waals surface area (Å²) in [7, 11) is 0.